The quantitative estimate of drug-likeness (QED) is 0.586. The Labute approximate surface area is 162 Å². The van der Waals surface area contributed by atoms with Gasteiger partial charge in [0.2, 0.25) is 5.88 Å². The number of hydrogen-bond acceptors (Lipinski definition) is 4. The molecule has 6 nitrogen and oxygen atoms in total. The van der Waals surface area contributed by atoms with E-state index < -0.39 is 0 Å². The molecule has 0 N–H and O–H groups in total. The Hall–Kier alpha value is -2.11. The van der Waals surface area contributed by atoms with Crippen molar-refractivity contribution in [2.24, 2.45) is 7.05 Å². The highest BCUT2D eigenvalue weighted by Crippen LogP contribution is 2.27. The molecule has 2 aromatic rings. The minimum atomic E-state index is 0.0135. The lowest BCUT2D eigenvalue weighted by Crippen LogP contribution is -2.42. The van der Waals surface area contributed by atoms with Crippen molar-refractivity contribution < 1.29 is 9.53 Å². The molecule has 0 aliphatic rings. The molecule has 1 amide bonds. The molecular weight excluding hydrogens is 340 g/mol. The number of aromatic nitrogens is 3. The highest BCUT2D eigenvalue weighted by molar-refractivity contribution is 5.85. The summed E-state index contributed by atoms with van der Waals surface area (Å²) in [4.78, 5) is 19.4. The van der Waals surface area contributed by atoms with E-state index >= 15 is 0 Å². The van der Waals surface area contributed by atoms with Gasteiger partial charge in [-0.25, -0.2) is 9.67 Å². The van der Waals surface area contributed by atoms with Crippen molar-refractivity contribution in [3.8, 4) is 5.88 Å². The van der Waals surface area contributed by atoms with Gasteiger partial charge in [0.15, 0.2) is 12.3 Å². The molecule has 27 heavy (non-hydrogen) atoms. The zero-order valence-electron chi connectivity index (χ0n) is 17.7. The lowest BCUT2D eigenvalue weighted by atomic mass is 10.1. The lowest BCUT2D eigenvalue weighted by molar-refractivity contribution is -0.135. The Morgan fingerprint density at radius 1 is 1.26 bits per heavy atom. The molecule has 0 aliphatic carbocycles. The first-order valence-corrected chi connectivity index (χ1v) is 10.1. The van der Waals surface area contributed by atoms with Crippen LogP contribution in [0.3, 0.4) is 0 Å². The third kappa shape index (κ3) is 5.21. The van der Waals surface area contributed by atoms with Gasteiger partial charge in [-0.15, -0.1) is 5.10 Å². The molecule has 2 rings (SSSR count). The molecule has 2 aromatic heterocycles. The number of hydrogen-bond donors (Lipinski definition) is 0. The second-order valence-corrected chi connectivity index (χ2v) is 7.43. The fourth-order valence-electron chi connectivity index (χ4n) is 3.56. The van der Waals surface area contributed by atoms with Crippen molar-refractivity contribution in [3.63, 3.8) is 0 Å². The molecule has 0 saturated heterocycles. The number of carbonyl (C=O) groups excluding carboxylic acids is 1. The molecular formula is C21H34N4O2. The van der Waals surface area contributed by atoms with Gasteiger partial charge in [0.1, 0.15) is 0 Å². The molecule has 0 aromatic carbocycles. The molecule has 1 atom stereocenters. The fourth-order valence-corrected chi connectivity index (χ4v) is 3.56. The minimum absolute atomic E-state index is 0.0135. The Morgan fingerprint density at radius 2 is 2.00 bits per heavy atom. The molecule has 0 fully saturated rings. The van der Waals surface area contributed by atoms with Gasteiger partial charge in [0.05, 0.1) is 5.39 Å². The van der Waals surface area contributed by atoms with Gasteiger partial charge < -0.3 is 9.64 Å². The summed E-state index contributed by atoms with van der Waals surface area (Å²) in [6, 6.07) is 2.24. The Balaban J connectivity index is 2.13. The van der Waals surface area contributed by atoms with Gasteiger partial charge in [0.25, 0.3) is 5.91 Å². The molecule has 6 heteroatoms. The number of fused-ring (bicyclic) bond motifs is 1. The van der Waals surface area contributed by atoms with Crippen molar-refractivity contribution in [1.82, 2.24) is 19.7 Å². The van der Waals surface area contributed by atoms with Gasteiger partial charge in [0, 0.05) is 25.3 Å². The summed E-state index contributed by atoms with van der Waals surface area (Å²) in [6.45, 7) is 11.2. The van der Waals surface area contributed by atoms with Crippen LogP contribution in [0.5, 0.6) is 5.88 Å². The van der Waals surface area contributed by atoms with Crippen LogP contribution >= 0.6 is 0 Å². The zero-order chi connectivity index (χ0) is 20.0. The second-order valence-electron chi connectivity index (χ2n) is 7.43. The molecule has 0 radical (unpaired) electrons. The molecule has 2 heterocycles. The monoisotopic (exact) mass is 374 g/mol. The van der Waals surface area contributed by atoms with Crippen LogP contribution in [0.1, 0.15) is 64.1 Å². The number of pyridine rings is 1. The van der Waals surface area contributed by atoms with Crippen molar-refractivity contribution in [1.29, 1.82) is 0 Å². The van der Waals surface area contributed by atoms with Gasteiger partial charge in [-0.3, -0.25) is 4.79 Å². The highest BCUT2D eigenvalue weighted by Gasteiger charge is 2.21. The molecule has 1 unspecified atom stereocenters. The largest absolute Gasteiger partial charge is 0.466 e. The second kappa shape index (κ2) is 9.72. The molecule has 150 valence electrons. The Bertz CT molecular complexity index is 769. The molecule has 0 bridgehead atoms. The van der Waals surface area contributed by atoms with Gasteiger partial charge in [-0.1, -0.05) is 33.1 Å². The van der Waals surface area contributed by atoms with E-state index in [1.165, 1.54) is 0 Å². The van der Waals surface area contributed by atoms with Crippen LogP contribution in [-0.4, -0.2) is 44.8 Å². The number of nitrogens with zero attached hydrogens (tertiary/aromatic N) is 4. The Morgan fingerprint density at radius 3 is 2.67 bits per heavy atom. The van der Waals surface area contributed by atoms with E-state index in [4.69, 9.17) is 4.74 Å². The number of aryl methyl sites for hydroxylation is 3. The summed E-state index contributed by atoms with van der Waals surface area (Å²) < 4.78 is 7.59. The number of carbonyl (C=O) groups is 1. The standard InChI is InChI=1S/C21H34N4O2/c1-7-9-10-12-25(17(5)11-8-2)18(26)14-27-21-19-15(3)13-16(4)22-20(19)24(6)23-21/h13,17H,7-12,14H2,1-6H3. The van der Waals surface area contributed by atoms with E-state index in [9.17, 15) is 4.79 Å². The SMILES string of the molecule is CCCCCN(C(=O)COc1nn(C)c2nc(C)cc(C)c12)C(C)CCC. The van der Waals surface area contributed by atoms with E-state index in [1.54, 1.807) is 4.68 Å². The van der Waals surface area contributed by atoms with Crippen LogP contribution in [-0.2, 0) is 11.8 Å². The van der Waals surface area contributed by atoms with Crippen LogP contribution < -0.4 is 4.74 Å². The van der Waals surface area contributed by atoms with E-state index in [-0.39, 0.29) is 18.6 Å². The fraction of sp³-hybridized carbons (Fsp3) is 0.667. The normalized spacial score (nSPS) is 12.4. The first kappa shape index (κ1) is 21.2. The Kier molecular flexibility index (Phi) is 7.63. The van der Waals surface area contributed by atoms with Crippen LogP contribution in [0.2, 0.25) is 0 Å². The third-order valence-electron chi connectivity index (χ3n) is 4.98. The molecule has 0 saturated carbocycles. The maximum atomic E-state index is 12.9. The summed E-state index contributed by atoms with van der Waals surface area (Å²) in [5.74, 6) is 0.520. The predicted molar refractivity (Wildman–Crippen MR) is 109 cm³/mol. The first-order valence-electron chi connectivity index (χ1n) is 10.1. The summed E-state index contributed by atoms with van der Waals surface area (Å²) in [5, 5.41) is 5.33. The number of rotatable bonds is 10. The molecule has 0 spiro atoms. The molecule has 0 aliphatic heterocycles. The summed E-state index contributed by atoms with van der Waals surface area (Å²) >= 11 is 0. The smallest absolute Gasteiger partial charge is 0.260 e. The van der Waals surface area contributed by atoms with E-state index in [1.807, 2.05) is 31.9 Å². The van der Waals surface area contributed by atoms with Crippen LogP contribution in [0.25, 0.3) is 11.0 Å². The van der Waals surface area contributed by atoms with Crippen molar-refractivity contribution >= 4 is 16.9 Å². The average molecular weight is 375 g/mol. The van der Waals surface area contributed by atoms with E-state index in [0.29, 0.717) is 5.88 Å². The van der Waals surface area contributed by atoms with Crippen LogP contribution in [0.15, 0.2) is 6.07 Å². The summed E-state index contributed by atoms with van der Waals surface area (Å²) in [5.41, 5.74) is 2.79. The van der Waals surface area contributed by atoms with Crippen molar-refractivity contribution in [2.45, 2.75) is 72.8 Å². The first-order chi connectivity index (χ1) is 12.9. The third-order valence-corrected chi connectivity index (χ3v) is 4.98. The van der Waals surface area contributed by atoms with Gasteiger partial charge in [-0.2, -0.15) is 0 Å². The van der Waals surface area contributed by atoms with Crippen molar-refractivity contribution in [3.05, 3.63) is 17.3 Å². The maximum absolute atomic E-state index is 12.9. The maximum Gasteiger partial charge on any atom is 0.260 e. The van der Waals surface area contributed by atoms with Gasteiger partial charge in [-0.05, 0) is 45.2 Å². The van der Waals surface area contributed by atoms with Crippen LogP contribution in [0, 0.1) is 13.8 Å². The highest BCUT2D eigenvalue weighted by atomic mass is 16.5. The van der Waals surface area contributed by atoms with Gasteiger partial charge >= 0.3 is 0 Å². The number of ether oxygens (including phenoxy) is 1. The lowest BCUT2D eigenvalue weighted by Gasteiger charge is -2.29. The summed E-state index contributed by atoms with van der Waals surface area (Å²) in [6.07, 6.45) is 5.39. The van der Waals surface area contributed by atoms with E-state index in [2.05, 4.69) is 30.9 Å². The predicted octanol–water partition coefficient (Wildman–Crippen LogP) is 4.17. The summed E-state index contributed by atoms with van der Waals surface area (Å²) in [7, 11) is 1.85. The van der Waals surface area contributed by atoms with E-state index in [0.717, 1.165) is 60.9 Å². The van der Waals surface area contributed by atoms with Crippen molar-refractivity contribution in [2.75, 3.05) is 13.2 Å². The average Bonchev–Trinajstić information content (AvgIpc) is 2.93. The number of unbranched alkanes of at least 4 members (excludes halogenated alkanes) is 2. The number of amides is 1. The van der Waals surface area contributed by atoms with Crippen LogP contribution in [0.4, 0.5) is 0 Å². The minimum Gasteiger partial charge on any atom is -0.466 e. The topological polar surface area (TPSA) is 60.3 Å². The zero-order valence-corrected chi connectivity index (χ0v) is 17.7.